The number of carbonyl (C=O) groups excluding carboxylic acids is 1. The number of pyridine rings is 1. The summed E-state index contributed by atoms with van der Waals surface area (Å²) in [5.74, 6) is -0.199. The van der Waals surface area contributed by atoms with Crippen molar-refractivity contribution < 1.29 is 9.18 Å². The first-order chi connectivity index (χ1) is 12.1. The van der Waals surface area contributed by atoms with Gasteiger partial charge in [0.15, 0.2) is 0 Å². The summed E-state index contributed by atoms with van der Waals surface area (Å²) in [6.45, 7) is 4.71. The molecule has 1 saturated heterocycles. The molecule has 1 fully saturated rings. The third kappa shape index (κ3) is 3.07. The lowest BCUT2D eigenvalue weighted by Gasteiger charge is -2.36. The number of halogens is 1. The zero-order valence-electron chi connectivity index (χ0n) is 14.0. The highest BCUT2D eigenvalue weighted by atomic mass is 19.1. The lowest BCUT2D eigenvalue weighted by Crippen LogP contribution is -2.48. The monoisotopic (exact) mass is 338 g/mol. The first-order valence-corrected chi connectivity index (χ1v) is 8.35. The standard InChI is InChI=1S/C19H19FN4O/c1-14-12-24-13-15(2-7-18(24)21-14)19(25)23-10-8-22(9-11-23)17-5-3-16(20)4-6-17/h2-7,12-13H,8-11H2,1H3. The molecule has 0 atom stereocenters. The zero-order chi connectivity index (χ0) is 17.4. The number of aromatic nitrogens is 2. The summed E-state index contributed by atoms with van der Waals surface area (Å²) in [7, 11) is 0. The summed E-state index contributed by atoms with van der Waals surface area (Å²) >= 11 is 0. The minimum atomic E-state index is -0.234. The maximum atomic E-state index is 13.0. The van der Waals surface area contributed by atoms with Gasteiger partial charge in [-0.15, -0.1) is 0 Å². The van der Waals surface area contributed by atoms with Crippen molar-refractivity contribution in [1.82, 2.24) is 14.3 Å². The van der Waals surface area contributed by atoms with E-state index in [-0.39, 0.29) is 11.7 Å². The molecule has 0 bridgehead atoms. The van der Waals surface area contributed by atoms with Crippen LogP contribution in [0.3, 0.4) is 0 Å². The number of amides is 1. The zero-order valence-corrected chi connectivity index (χ0v) is 14.0. The van der Waals surface area contributed by atoms with Crippen molar-refractivity contribution in [3.63, 3.8) is 0 Å². The van der Waals surface area contributed by atoms with E-state index in [1.165, 1.54) is 12.1 Å². The quantitative estimate of drug-likeness (QED) is 0.721. The maximum Gasteiger partial charge on any atom is 0.255 e. The fourth-order valence-corrected chi connectivity index (χ4v) is 3.25. The van der Waals surface area contributed by atoms with Gasteiger partial charge in [-0.3, -0.25) is 4.79 Å². The molecule has 0 N–H and O–H groups in total. The summed E-state index contributed by atoms with van der Waals surface area (Å²) in [5.41, 5.74) is 3.43. The molecule has 25 heavy (non-hydrogen) atoms. The molecule has 4 rings (SSSR count). The van der Waals surface area contributed by atoms with Gasteiger partial charge in [0.1, 0.15) is 11.5 Å². The fraction of sp³-hybridized carbons (Fsp3) is 0.263. The van der Waals surface area contributed by atoms with E-state index >= 15 is 0 Å². The number of piperazine rings is 1. The van der Waals surface area contributed by atoms with Crippen LogP contribution in [0.25, 0.3) is 5.65 Å². The second kappa shape index (κ2) is 6.20. The van der Waals surface area contributed by atoms with E-state index in [1.807, 2.05) is 40.8 Å². The molecule has 0 saturated carbocycles. The second-order valence-electron chi connectivity index (χ2n) is 6.32. The summed E-state index contributed by atoms with van der Waals surface area (Å²) in [6, 6.07) is 10.2. The first kappa shape index (κ1) is 15.6. The average molecular weight is 338 g/mol. The van der Waals surface area contributed by atoms with E-state index in [0.29, 0.717) is 18.7 Å². The third-order valence-corrected chi connectivity index (χ3v) is 4.58. The number of hydrogen-bond donors (Lipinski definition) is 0. The van der Waals surface area contributed by atoms with Gasteiger partial charge < -0.3 is 14.2 Å². The predicted octanol–water partition coefficient (Wildman–Crippen LogP) is 2.74. The van der Waals surface area contributed by atoms with Crippen LogP contribution < -0.4 is 4.90 Å². The Morgan fingerprint density at radius 1 is 1.00 bits per heavy atom. The maximum absolute atomic E-state index is 13.0. The lowest BCUT2D eigenvalue weighted by atomic mass is 10.2. The molecule has 0 unspecified atom stereocenters. The Morgan fingerprint density at radius 2 is 1.72 bits per heavy atom. The Hall–Kier alpha value is -2.89. The summed E-state index contributed by atoms with van der Waals surface area (Å²) < 4.78 is 14.9. The van der Waals surface area contributed by atoms with Gasteiger partial charge in [-0.1, -0.05) is 0 Å². The van der Waals surface area contributed by atoms with E-state index in [1.54, 1.807) is 12.1 Å². The molecule has 5 nitrogen and oxygen atoms in total. The van der Waals surface area contributed by atoms with Crippen LogP contribution in [0.1, 0.15) is 16.1 Å². The Kier molecular flexibility index (Phi) is 3.87. The normalized spacial score (nSPS) is 15.0. The largest absolute Gasteiger partial charge is 0.368 e. The van der Waals surface area contributed by atoms with Crippen LogP contribution in [0, 0.1) is 12.7 Å². The average Bonchev–Trinajstić information content (AvgIpc) is 3.01. The SMILES string of the molecule is Cc1cn2cc(C(=O)N3CCN(c4ccc(F)cc4)CC3)ccc2n1. The molecule has 0 spiro atoms. The highest BCUT2D eigenvalue weighted by Gasteiger charge is 2.22. The van der Waals surface area contributed by atoms with Crippen LogP contribution in [0.2, 0.25) is 0 Å². The molecular weight excluding hydrogens is 319 g/mol. The van der Waals surface area contributed by atoms with Crippen molar-refractivity contribution in [1.29, 1.82) is 0 Å². The third-order valence-electron chi connectivity index (χ3n) is 4.58. The van der Waals surface area contributed by atoms with Crippen LogP contribution in [0.15, 0.2) is 48.8 Å². The molecule has 1 aromatic carbocycles. The van der Waals surface area contributed by atoms with Gasteiger partial charge >= 0.3 is 0 Å². The topological polar surface area (TPSA) is 40.9 Å². The number of fused-ring (bicyclic) bond motifs is 1. The molecule has 6 heteroatoms. The van der Waals surface area contributed by atoms with E-state index in [9.17, 15) is 9.18 Å². The van der Waals surface area contributed by atoms with Crippen LogP contribution in [0.4, 0.5) is 10.1 Å². The second-order valence-corrected chi connectivity index (χ2v) is 6.32. The number of imidazole rings is 1. The van der Waals surface area contributed by atoms with Crippen molar-refractivity contribution in [2.45, 2.75) is 6.92 Å². The van der Waals surface area contributed by atoms with Gasteiger partial charge in [0.25, 0.3) is 5.91 Å². The number of anilines is 1. The molecular formula is C19H19FN4O. The molecule has 2 aromatic heterocycles. The molecule has 1 aliphatic rings. The van der Waals surface area contributed by atoms with Crippen LogP contribution in [-0.2, 0) is 0 Å². The smallest absolute Gasteiger partial charge is 0.255 e. The first-order valence-electron chi connectivity index (χ1n) is 8.35. The number of rotatable bonds is 2. The van der Waals surface area contributed by atoms with Crippen LogP contribution in [0.5, 0.6) is 0 Å². The van der Waals surface area contributed by atoms with E-state index in [4.69, 9.17) is 0 Å². The van der Waals surface area contributed by atoms with Gasteiger partial charge in [0.2, 0.25) is 0 Å². The predicted molar refractivity (Wildman–Crippen MR) is 94.4 cm³/mol. The fourth-order valence-electron chi connectivity index (χ4n) is 3.25. The molecule has 0 radical (unpaired) electrons. The Balaban J connectivity index is 1.45. The molecule has 1 amide bonds. The molecule has 3 heterocycles. The van der Waals surface area contributed by atoms with Gasteiger partial charge in [-0.05, 0) is 43.3 Å². The lowest BCUT2D eigenvalue weighted by molar-refractivity contribution is 0.0746. The van der Waals surface area contributed by atoms with Crippen LogP contribution in [-0.4, -0.2) is 46.4 Å². The van der Waals surface area contributed by atoms with E-state index in [0.717, 1.165) is 30.1 Å². The van der Waals surface area contributed by atoms with Gasteiger partial charge in [0, 0.05) is 44.3 Å². The van der Waals surface area contributed by atoms with Crippen LogP contribution >= 0.6 is 0 Å². The highest BCUT2D eigenvalue weighted by Crippen LogP contribution is 2.18. The van der Waals surface area contributed by atoms with Crippen molar-refractivity contribution in [2.75, 3.05) is 31.1 Å². The summed E-state index contributed by atoms with van der Waals surface area (Å²) in [6.07, 6.45) is 3.75. The number of aryl methyl sites for hydroxylation is 1. The Morgan fingerprint density at radius 3 is 2.44 bits per heavy atom. The molecule has 128 valence electrons. The Labute approximate surface area is 145 Å². The van der Waals surface area contributed by atoms with Gasteiger partial charge in [0.05, 0.1) is 11.3 Å². The number of nitrogens with zero attached hydrogens (tertiary/aromatic N) is 4. The molecule has 0 aliphatic carbocycles. The number of carbonyl (C=O) groups is 1. The number of hydrogen-bond acceptors (Lipinski definition) is 3. The highest BCUT2D eigenvalue weighted by molar-refractivity contribution is 5.94. The summed E-state index contributed by atoms with van der Waals surface area (Å²) in [4.78, 5) is 21.2. The van der Waals surface area contributed by atoms with Crippen molar-refractivity contribution >= 4 is 17.2 Å². The van der Waals surface area contributed by atoms with Gasteiger partial charge in [-0.25, -0.2) is 9.37 Å². The molecule has 3 aromatic rings. The van der Waals surface area contributed by atoms with Crippen molar-refractivity contribution in [2.24, 2.45) is 0 Å². The number of benzene rings is 1. The van der Waals surface area contributed by atoms with Gasteiger partial charge in [-0.2, -0.15) is 0 Å². The van der Waals surface area contributed by atoms with E-state index < -0.39 is 0 Å². The van der Waals surface area contributed by atoms with E-state index in [2.05, 4.69) is 9.88 Å². The van der Waals surface area contributed by atoms with Crippen molar-refractivity contribution in [3.8, 4) is 0 Å². The summed E-state index contributed by atoms with van der Waals surface area (Å²) in [5, 5.41) is 0. The molecule has 1 aliphatic heterocycles. The minimum absolute atomic E-state index is 0.0343. The minimum Gasteiger partial charge on any atom is -0.368 e. The van der Waals surface area contributed by atoms with Crippen molar-refractivity contribution in [3.05, 3.63) is 65.9 Å². The Bertz CT molecular complexity index is 911.